The number of aliphatic imine (C=N–C) groups is 1. The molecule has 1 amide bonds. The van der Waals surface area contributed by atoms with Gasteiger partial charge in [-0.25, -0.2) is 10.1 Å². The van der Waals surface area contributed by atoms with E-state index in [1.807, 2.05) is 0 Å². The fourth-order valence-electron chi connectivity index (χ4n) is 1.21. The topological polar surface area (TPSA) is 75.8 Å². The van der Waals surface area contributed by atoms with E-state index >= 15 is 0 Å². The normalized spacial score (nSPS) is 11.1. The van der Waals surface area contributed by atoms with Crippen LogP contribution in [0.3, 0.4) is 0 Å². The van der Waals surface area contributed by atoms with Gasteiger partial charge in [0, 0.05) is 17.6 Å². The van der Waals surface area contributed by atoms with Crippen LogP contribution in [0, 0.1) is 10.1 Å². The van der Waals surface area contributed by atoms with Crippen molar-refractivity contribution in [1.29, 1.82) is 0 Å². The van der Waals surface area contributed by atoms with Crippen molar-refractivity contribution in [3.63, 3.8) is 0 Å². The fourth-order valence-corrected chi connectivity index (χ4v) is 1.71. The molecule has 0 saturated carbocycles. The summed E-state index contributed by atoms with van der Waals surface area (Å²) in [4.78, 5) is 26.5. The molecular weight excluding hydrogens is 242 g/mol. The summed E-state index contributed by atoms with van der Waals surface area (Å²) in [7, 11) is 1.40. The number of carbonyl (C=O) groups excluding carboxylic acids is 1. The smallest absolute Gasteiger partial charge is 0.262 e. The van der Waals surface area contributed by atoms with Gasteiger partial charge in [0.05, 0.1) is 0 Å². The van der Waals surface area contributed by atoms with Crippen molar-refractivity contribution in [2.24, 2.45) is 4.99 Å². The predicted octanol–water partition coefficient (Wildman–Crippen LogP) is 1.67. The molecule has 0 atom stereocenters. The Bertz CT molecular complexity index is 447. The average Bonchev–Trinajstić information content (AvgIpc) is 2.35. The van der Waals surface area contributed by atoms with Gasteiger partial charge in [0.2, 0.25) is 5.17 Å². The van der Waals surface area contributed by atoms with E-state index in [0.29, 0.717) is 5.01 Å². The number of nitrogens with zero attached hydrogens (tertiary/aromatic N) is 3. The minimum atomic E-state index is -0.770. The van der Waals surface area contributed by atoms with Gasteiger partial charge < -0.3 is 0 Å². The van der Waals surface area contributed by atoms with E-state index in [9.17, 15) is 14.9 Å². The first-order valence-electron chi connectivity index (χ1n) is 4.66. The second-order valence-electron chi connectivity index (χ2n) is 2.93. The van der Waals surface area contributed by atoms with E-state index in [-0.39, 0.29) is 10.7 Å². The van der Waals surface area contributed by atoms with Crippen molar-refractivity contribution in [2.45, 2.75) is 0 Å². The second kappa shape index (κ2) is 6.00. The number of nitro groups is 1. The highest BCUT2D eigenvalue weighted by molar-refractivity contribution is 8.13. The third-order valence-electron chi connectivity index (χ3n) is 1.93. The average molecular weight is 253 g/mol. The first-order valence-corrected chi connectivity index (χ1v) is 5.89. The van der Waals surface area contributed by atoms with Crippen molar-refractivity contribution in [3.8, 4) is 0 Å². The Hall–Kier alpha value is -1.89. The molecule has 0 spiro atoms. The van der Waals surface area contributed by atoms with Gasteiger partial charge in [0.25, 0.3) is 0 Å². The van der Waals surface area contributed by atoms with Gasteiger partial charge in [-0.1, -0.05) is 30.0 Å². The van der Waals surface area contributed by atoms with Crippen molar-refractivity contribution in [3.05, 3.63) is 46.0 Å². The number of rotatable bonds is 2. The Labute approximate surface area is 102 Å². The molecule has 0 bridgehead atoms. The van der Waals surface area contributed by atoms with Crippen LogP contribution in [-0.2, 0) is 0 Å². The molecular formula is C10H11N3O3S. The lowest BCUT2D eigenvalue weighted by atomic mass is 10.2. The van der Waals surface area contributed by atoms with Crippen molar-refractivity contribution < 1.29 is 9.83 Å². The molecule has 0 aliphatic heterocycles. The lowest BCUT2D eigenvalue weighted by Crippen LogP contribution is -2.39. The minimum Gasteiger partial charge on any atom is -0.262 e. The molecule has 0 radical (unpaired) electrons. The molecule has 1 rings (SSSR count). The maximum Gasteiger partial charge on any atom is 0.322 e. The van der Waals surface area contributed by atoms with Crippen LogP contribution in [0.2, 0.25) is 0 Å². The van der Waals surface area contributed by atoms with Crippen LogP contribution in [0.1, 0.15) is 10.4 Å². The Morgan fingerprint density at radius 2 is 2.00 bits per heavy atom. The van der Waals surface area contributed by atoms with Gasteiger partial charge in [-0.2, -0.15) is 0 Å². The van der Waals surface area contributed by atoms with Gasteiger partial charge in [-0.3, -0.25) is 9.79 Å². The van der Waals surface area contributed by atoms with E-state index < -0.39 is 10.9 Å². The van der Waals surface area contributed by atoms with Gasteiger partial charge in [0.1, 0.15) is 0 Å². The summed E-state index contributed by atoms with van der Waals surface area (Å²) >= 11 is 1.04. The molecule has 0 aliphatic rings. The second-order valence-corrected chi connectivity index (χ2v) is 3.70. The van der Waals surface area contributed by atoms with Gasteiger partial charge >= 0.3 is 5.91 Å². The molecule has 0 fully saturated rings. The molecule has 6 nitrogen and oxygen atoms in total. The summed E-state index contributed by atoms with van der Waals surface area (Å²) in [6.07, 6.45) is 1.62. The molecule has 1 aromatic carbocycles. The maximum atomic E-state index is 11.9. The Balaban J connectivity index is 3.09. The Morgan fingerprint density at radius 1 is 1.41 bits per heavy atom. The number of hydrogen-bond acceptors (Lipinski definition) is 5. The molecule has 0 N–H and O–H groups in total. The fraction of sp³-hybridized carbons (Fsp3) is 0.200. The zero-order chi connectivity index (χ0) is 12.8. The summed E-state index contributed by atoms with van der Waals surface area (Å²) < 4.78 is 0. The summed E-state index contributed by atoms with van der Waals surface area (Å²) in [5.74, 6) is -0.703. The summed E-state index contributed by atoms with van der Waals surface area (Å²) in [6, 6.07) is 8.07. The predicted molar refractivity (Wildman–Crippen MR) is 66.5 cm³/mol. The first kappa shape index (κ1) is 13.2. The minimum absolute atomic E-state index is 0.0452. The molecule has 0 saturated heterocycles. The molecule has 1 aromatic rings. The van der Waals surface area contributed by atoms with Crippen LogP contribution >= 0.6 is 11.8 Å². The number of amidine groups is 1. The third-order valence-corrected chi connectivity index (χ3v) is 2.65. The number of benzene rings is 1. The number of hydrazine groups is 1. The number of hydrogen-bond donors (Lipinski definition) is 0. The van der Waals surface area contributed by atoms with Crippen LogP contribution < -0.4 is 0 Å². The van der Waals surface area contributed by atoms with Crippen LogP contribution in [0.5, 0.6) is 0 Å². The van der Waals surface area contributed by atoms with Crippen molar-refractivity contribution in [1.82, 2.24) is 5.01 Å². The highest BCUT2D eigenvalue weighted by Gasteiger charge is 2.30. The standard InChI is InChI=1S/C10H11N3O3S/c1-11-10(17-2)12(13(15)16)9(14)8-6-4-3-5-7-8/h3-7H,1-2H3. The highest BCUT2D eigenvalue weighted by Crippen LogP contribution is 2.11. The van der Waals surface area contributed by atoms with E-state index in [4.69, 9.17) is 0 Å². The van der Waals surface area contributed by atoms with E-state index in [0.717, 1.165) is 11.8 Å². The van der Waals surface area contributed by atoms with E-state index in [1.165, 1.54) is 19.2 Å². The van der Waals surface area contributed by atoms with Gasteiger partial charge in [-0.05, 0) is 18.4 Å². The first-order chi connectivity index (χ1) is 8.11. The monoisotopic (exact) mass is 253 g/mol. The van der Waals surface area contributed by atoms with Crippen molar-refractivity contribution >= 4 is 22.8 Å². The van der Waals surface area contributed by atoms with Crippen LogP contribution in [0.4, 0.5) is 0 Å². The summed E-state index contributed by atoms with van der Waals surface area (Å²) in [5.41, 5.74) is 0.249. The number of carbonyl (C=O) groups is 1. The Morgan fingerprint density at radius 3 is 2.41 bits per heavy atom. The molecule has 7 heteroatoms. The summed E-state index contributed by atoms with van der Waals surface area (Å²) in [5, 5.41) is 10.6. The number of thioether (sulfide) groups is 1. The van der Waals surface area contributed by atoms with Crippen molar-refractivity contribution in [2.75, 3.05) is 13.3 Å². The quantitative estimate of drug-likeness (QED) is 0.348. The van der Waals surface area contributed by atoms with E-state index in [1.54, 1.807) is 24.5 Å². The molecule has 0 heterocycles. The third kappa shape index (κ3) is 3.04. The van der Waals surface area contributed by atoms with Crippen LogP contribution in [-0.4, -0.2) is 34.4 Å². The van der Waals surface area contributed by atoms with Crippen LogP contribution in [0.15, 0.2) is 35.3 Å². The van der Waals surface area contributed by atoms with Gasteiger partial charge in [0.15, 0.2) is 5.03 Å². The lowest BCUT2D eigenvalue weighted by Gasteiger charge is -2.11. The molecule has 0 unspecified atom stereocenters. The SMILES string of the molecule is CN=C(SC)N(C(=O)c1ccccc1)[N+](=O)[O-]. The zero-order valence-corrected chi connectivity index (χ0v) is 10.2. The zero-order valence-electron chi connectivity index (χ0n) is 9.36. The van der Waals surface area contributed by atoms with E-state index in [2.05, 4.69) is 4.99 Å². The molecule has 17 heavy (non-hydrogen) atoms. The largest absolute Gasteiger partial charge is 0.322 e. The molecule has 0 aromatic heterocycles. The summed E-state index contributed by atoms with van der Waals surface area (Å²) in [6.45, 7) is 0. The highest BCUT2D eigenvalue weighted by atomic mass is 32.2. The van der Waals surface area contributed by atoms with Gasteiger partial charge in [-0.15, -0.1) is 0 Å². The lowest BCUT2D eigenvalue weighted by molar-refractivity contribution is -0.605. The molecule has 90 valence electrons. The maximum absolute atomic E-state index is 11.9. The number of amides is 1. The molecule has 0 aliphatic carbocycles. The van der Waals surface area contributed by atoms with Crippen LogP contribution in [0.25, 0.3) is 0 Å². The Kier molecular flexibility index (Phi) is 4.65.